The average Bonchev–Trinajstić information content (AvgIpc) is 2.37. The molecule has 0 bridgehead atoms. The predicted octanol–water partition coefficient (Wildman–Crippen LogP) is 4.37. The predicted molar refractivity (Wildman–Crippen MR) is 76.0 cm³/mol. The molecule has 100 valence electrons. The molecule has 0 aliphatic rings. The lowest BCUT2D eigenvalue weighted by Gasteiger charge is -2.14. The number of aliphatic hydroxyl groups is 1. The van der Waals surface area contributed by atoms with Gasteiger partial charge in [-0.25, -0.2) is 4.39 Å². The van der Waals surface area contributed by atoms with Crippen LogP contribution < -0.4 is 0 Å². The Morgan fingerprint density at radius 3 is 2.53 bits per heavy atom. The Labute approximate surface area is 117 Å². The Morgan fingerprint density at radius 1 is 1.16 bits per heavy atom. The summed E-state index contributed by atoms with van der Waals surface area (Å²) in [6.45, 7) is 4.00. The fraction of sp³-hybridized carbons (Fsp3) is 0.250. The van der Waals surface area contributed by atoms with E-state index in [0.717, 1.165) is 11.1 Å². The molecule has 0 saturated carbocycles. The Morgan fingerprint density at radius 2 is 1.89 bits per heavy atom. The van der Waals surface area contributed by atoms with Crippen LogP contribution in [0.2, 0.25) is 5.02 Å². The lowest BCUT2D eigenvalue weighted by Crippen LogP contribution is -2.05. The zero-order valence-electron chi connectivity index (χ0n) is 11.0. The van der Waals surface area contributed by atoms with Crippen LogP contribution in [0.5, 0.6) is 0 Å². The molecular formula is C16H16ClFO. The van der Waals surface area contributed by atoms with Crippen molar-refractivity contribution < 1.29 is 9.50 Å². The molecule has 0 spiro atoms. The minimum absolute atomic E-state index is 0.175. The van der Waals surface area contributed by atoms with Crippen LogP contribution in [0.4, 0.5) is 4.39 Å². The van der Waals surface area contributed by atoms with Gasteiger partial charge in [-0.15, -0.1) is 0 Å². The van der Waals surface area contributed by atoms with E-state index in [1.807, 2.05) is 32.0 Å². The van der Waals surface area contributed by atoms with Crippen LogP contribution in [-0.4, -0.2) is 5.11 Å². The van der Waals surface area contributed by atoms with Gasteiger partial charge >= 0.3 is 0 Å². The maximum absolute atomic E-state index is 13.7. The molecule has 0 aliphatic heterocycles. The van der Waals surface area contributed by atoms with Crippen LogP contribution in [0.25, 0.3) is 0 Å². The summed E-state index contributed by atoms with van der Waals surface area (Å²) in [5, 5.41) is 10.6. The lowest BCUT2D eigenvalue weighted by molar-refractivity contribution is 0.177. The summed E-state index contributed by atoms with van der Waals surface area (Å²) in [5.41, 5.74) is 3.41. The minimum Gasteiger partial charge on any atom is -0.388 e. The third-order valence-corrected chi connectivity index (χ3v) is 3.73. The first kappa shape index (κ1) is 14.0. The maximum atomic E-state index is 13.7. The number of halogens is 2. The summed E-state index contributed by atoms with van der Waals surface area (Å²) < 4.78 is 13.7. The van der Waals surface area contributed by atoms with Gasteiger partial charge in [-0.3, -0.25) is 0 Å². The van der Waals surface area contributed by atoms with E-state index >= 15 is 0 Å². The van der Waals surface area contributed by atoms with Crippen molar-refractivity contribution in [2.45, 2.75) is 26.4 Å². The average molecular weight is 279 g/mol. The molecule has 0 saturated heterocycles. The van der Waals surface area contributed by atoms with Crippen molar-refractivity contribution >= 4 is 11.6 Å². The van der Waals surface area contributed by atoms with Crippen molar-refractivity contribution in [1.29, 1.82) is 0 Å². The molecule has 1 nitrogen and oxygen atoms in total. The number of rotatable bonds is 3. The molecule has 2 aromatic rings. The van der Waals surface area contributed by atoms with Crippen LogP contribution in [0, 0.1) is 19.7 Å². The summed E-state index contributed by atoms with van der Waals surface area (Å²) in [4.78, 5) is 0. The molecule has 1 atom stereocenters. The minimum atomic E-state index is -0.756. The van der Waals surface area contributed by atoms with Gasteiger partial charge in [-0.2, -0.15) is 0 Å². The summed E-state index contributed by atoms with van der Waals surface area (Å²) in [5.74, 6) is -0.379. The smallest absolute Gasteiger partial charge is 0.127 e. The fourth-order valence-corrected chi connectivity index (χ4v) is 2.25. The van der Waals surface area contributed by atoms with Gasteiger partial charge in [0.25, 0.3) is 0 Å². The highest BCUT2D eigenvalue weighted by Crippen LogP contribution is 2.26. The zero-order valence-corrected chi connectivity index (χ0v) is 11.7. The van der Waals surface area contributed by atoms with Crippen molar-refractivity contribution in [3.8, 4) is 0 Å². The van der Waals surface area contributed by atoms with Crippen molar-refractivity contribution in [3.63, 3.8) is 0 Å². The van der Waals surface area contributed by atoms with Gasteiger partial charge < -0.3 is 5.11 Å². The summed E-state index contributed by atoms with van der Waals surface area (Å²) in [6, 6.07) is 10.3. The van der Waals surface area contributed by atoms with Crippen LogP contribution in [0.3, 0.4) is 0 Å². The first-order valence-electron chi connectivity index (χ1n) is 6.17. The van der Waals surface area contributed by atoms with Crippen molar-refractivity contribution in [3.05, 3.63) is 69.5 Å². The van der Waals surface area contributed by atoms with Gasteiger partial charge in [-0.05, 0) is 42.7 Å². The summed E-state index contributed by atoms with van der Waals surface area (Å²) >= 11 is 5.97. The van der Waals surface area contributed by atoms with E-state index in [2.05, 4.69) is 0 Å². The van der Waals surface area contributed by atoms with E-state index < -0.39 is 6.10 Å². The normalized spacial score (nSPS) is 12.5. The Bertz CT molecular complexity index is 575. The topological polar surface area (TPSA) is 20.2 Å². The van der Waals surface area contributed by atoms with Gasteiger partial charge in [0.2, 0.25) is 0 Å². The molecule has 0 aromatic heterocycles. The molecule has 2 rings (SSSR count). The van der Waals surface area contributed by atoms with Gasteiger partial charge in [0.1, 0.15) is 5.82 Å². The van der Waals surface area contributed by atoms with Crippen molar-refractivity contribution in [2.24, 2.45) is 0 Å². The third-order valence-electron chi connectivity index (χ3n) is 3.37. The first-order chi connectivity index (χ1) is 8.99. The second kappa shape index (κ2) is 5.72. The number of benzene rings is 2. The molecule has 0 amide bonds. The molecule has 0 radical (unpaired) electrons. The molecule has 0 aliphatic carbocycles. The molecular weight excluding hydrogens is 263 g/mol. The molecule has 19 heavy (non-hydrogen) atoms. The van der Waals surface area contributed by atoms with E-state index in [9.17, 15) is 9.50 Å². The van der Waals surface area contributed by atoms with E-state index in [0.29, 0.717) is 10.6 Å². The van der Waals surface area contributed by atoms with Gasteiger partial charge in [0.15, 0.2) is 0 Å². The lowest BCUT2D eigenvalue weighted by atomic mass is 9.98. The van der Waals surface area contributed by atoms with Crippen LogP contribution in [-0.2, 0) is 6.42 Å². The van der Waals surface area contributed by atoms with Gasteiger partial charge in [0, 0.05) is 17.0 Å². The van der Waals surface area contributed by atoms with E-state index in [-0.39, 0.29) is 12.2 Å². The number of hydrogen-bond donors (Lipinski definition) is 1. The first-order valence-corrected chi connectivity index (χ1v) is 6.55. The molecule has 3 heteroatoms. The second-order valence-electron chi connectivity index (χ2n) is 4.76. The highest BCUT2D eigenvalue weighted by atomic mass is 35.5. The van der Waals surface area contributed by atoms with Crippen molar-refractivity contribution in [2.75, 3.05) is 0 Å². The number of aryl methyl sites for hydroxylation is 2. The van der Waals surface area contributed by atoms with Crippen molar-refractivity contribution in [1.82, 2.24) is 0 Å². The molecule has 2 aromatic carbocycles. The van der Waals surface area contributed by atoms with Crippen LogP contribution in [0.1, 0.15) is 28.4 Å². The van der Waals surface area contributed by atoms with Gasteiger partial charge in [-0.1, -0.05) is 35.9 Å². The molecule has 0 fully saturated rings. The second-order valence-corrected chi connectivity index (χ2v) is 5.17. The largest absolute Gasteiger partial charge is 0.388 e. The standard InChI is InChI=1S/C16H16ClFO/c1-10-6-7-12(8-11(10)2)16(19)9-13-14(17)4-3-5-15(13)18/h3-8,16,19H,9H2,1-2H3. The summed E-state index contributed by atoms with van der Waals surface area (Å²) in [6.07, 6.45) is -0.581. The molecule has 1 N–H and O–H groups in total. The monoisotopic (exact) mass is 278 g/mol. The number of hydrogen-bond acceptors (Lipinski definition) is 1. The highest BCUT2D eigenvalue weighted by molar-refractivity contribution is 6.31. The molecule has 1 unspecified atom stereocenters. The highest BCUT2D eigenvalue weighted by Gasteiger charge is 2.14. The van der Waals surface area contributed by atoms with Crippen LogP contribution >= 0.6 is 11.6 Å². The van der Waals surface area contributed by atoms with Gasteiger partial charge in [0.05, 0.1) is 6.10 Å². The maximum Gasteiger partial charge on any atom is 0.127 e. The van der Waals surface area contributed by atoms with Crippen LogP contribution in [0.15, 0.2) is 36.4 Å². The van der Waals surface area contributed by atoms with E-state index in [4.69, 9.17) is 11.6 Å². The Hall–Kier alpha value is -1.38. The molecule has 0 heterocycles. The Kier molecular flexibility index (Phi) is 4.23. The fourth-order valence-electron chi connectivity index (χ4n) is 2.01. The SMILES string of the molecule is Cc1ccc(C(O)Cc2c(F)cccc2Cl)cc1C. The third kappa shape index (κ3) is 3.14. The zero-order chi connectivity index (χ0) is 14.0. The quantitative estimate of drug-likeness (QED) is 0.884. The number of aliphatic hydroxyl groups excluding tert-OH is 1. The summed E-state index contributed by atoms with van der Waals surface area (Å²) in [7, 11) is 0. The van der Waals surface area contributed by atoms with E-state index in [1.54, 1.807) is 12.1 Å². The Balaban J connectivity index is 2.25. The van der Waals surface area contributed by atoms with E-state index in [1.165, 1.54) is 11.6 Å².